The van der Waals surface area contributed by atoms with Crippen LogP contribution in [0.5, 0.6) is 11.5 Å². The van der Waals surface area contributed by atoms with E-state index in [1.54, 1.807) is 25.6 Å². The first-order chi connectivity index (χ1) is 6.76. The summed E-state index contributed by atoms with van der Waals surface area (Å²) < 4.78 is 12.9. The van der Waals surface area contributed by atoms with Crippen LogP contribution < -0.4 is 9.47 Å². The Morgan fingerprint density at radius 2 is 2.00 bits per heavy atom. The Morgan fingerprint density at radius 1 is 1.21 bits per heavy atom. The highest BCUT2D eigenvalue weighted by molar-refractivity contribution is 14.1. The molecule has 0 radical (unpaired) electrons. The maximum absolute atomic E-state index is 5.33. The predicted molar refractivity (Wildman–Crippen MR) is 67.6 cm³/mol. The van der Waals surface area contributed by atoms with Crippen LogP contribution in [0.4, 0.5) is 0 Å². The van der Waals surface area contributed by atoms with Crippen molar-refractivity contribution in [1.82, 2.24) is 0 Å². The SMILES string of the molecule is COc1ccc2c(OC)c(I)sc2c1. The molecule has 14 heavy (non-hydrogen) atoms. The maximum Gasteiger partial charge on any atom is 0.150 e. The molecular formula is C10H9IO2S. The second-order valence-corrected chi connectivity index (χ2v) is 5.63. The molecule has 0 unspecified atom stereocenters. The summed E-state index contributed by atoms with van der Waals surface area (Å²) >= 11 is 4.00. The molecule has 0 aliphatic heterocycles. The predicted octanol–water partition coefficient (Wildman–Crippen LogP) is 3.52. The van der Waals surface area contributed by atoms with Gasteiger partial charge in [0.1, 0.15) is 8.63 Å². The van der Waals surface area contributed by atoms with Crippen LogP contribution in [-0.4, -0.2) is 14.2 Å². The average Bonchev–Trinajstić information content (AvgIpc) is 2.51. The third-order valence-electron chi connectivity index (χ3n) is 2.02. The van der Waals surface area contributed by atoms with E-state index in [-0.39, 0.29) is 0 Å². The maximum atomic E-state index is 5.33. The second-order valence-electron chi connectivity index (χ2n) is 2.77. The molecule has 0 saturated carbocycles. The van der Waals surface area contributed by atoms with Crippen LogP contribution in [-0.2, 0) is 0 Å². The fraction of sp³-hybridized carbons (Fsp3) is 0.200. The fourth-order valence-electron chi connectivity index (χ4n) is 1.34. The van der Waals surface area contributed by atoms with Gasteiger partial charge in [0.25, 0.3) is 0 Å². The van der Waals surface area contributed by atoms with E-state index in [0.717, 1.165) is 16.9 Å². The average molecular weight is 320 g/mol. The number of rotatable bonds is 2. The van der Waals surface area contributed by atoms with Crippen molar-refractivity contribution >= 4 is 44.0 Å². The van der Waals surface area contributed by atoms with E-state index in [0.29, 0.717) is 0 Å². The summed E-state index contributed by atoms with van der Waals surface area (Å²) in [7, 11) is 3.38. The first kappa shape index (κ1) is 10.0. The summed E-state index contributed by atoms with van der Waals surface area (Å²) in [5, 5.41) is 1.16. The second kappa shape index (κ2) is 3.94. The van der Waals surface area contributed by atoms with E-state index in [1.807, 2.05) is 18.2 Å². The normalized spacial score (nSPS) is 10.5. The van der Waals surface area contributed by atoms with Crippen molar-refractivity contribution in [3.63, 3.8) is 0 Å². The highest BCUT2D eigenvalue weighted by Gasteiger charge is 2.10. The van der Waals surface area contributed by atoms with Crippen molar-refractivity contribution in [3.8, 4) is 11.5 Å². The Hall–Kier alpha value is -0.490. The molecule has 1 aromatic heterocycles. The van der Waals surface area contributed by atoms with Crippen molar-refractivity contribution in [3.05, 3.63) is 21.1 Å². The van der Waals surface area contributed by atoms with Crippen LogP contribution in [0, 0.1) is 2.88 Å². The van der Waals surface area contributed by atoms with E-state index < -0.39 is 0 Å². The summed E-state index contributed by atoms with van der Waals surface area (Å²) in [6, 6.07) is 6.02. The van der Waals surface area contributed by atoms with Gasteiger partial charge >= 0.3 is 0 Å². The van der Waals surface area contributed by atoms with Crippen LogP contribution in [0.15, 0.2) is 18.2 Å². The van der Waals surface area contributed by atoms with E-state index in [2.05, 4.69) is 22.6 Å². The molecule has 0 aliphatic rings. The Morgan fingerprint density at radius 3 is 2.64 bits per heavy atom. The number of halogens is 1. The van der Waals surface area contributed by atoms with Gasteiger partial charge in [-0.2, -0.15) is 0 Å². The summed E-state index contributed by atoms with van der Waals surface area (Å²) in [5.74, 6) is 1.85. The summed E-state index contributed by atoms with van der Waals surface area (Å²) in [5.41, 5.74) is 0. The van der Waals surface area contributed by atoms with Crippen molar-refractivity contribution < 1.29 is 9.47 Å². The first-order valence-electron chi connectivity index (χ1n) is 4.06. The highest BCUT2D eigenvalue weighted by atomic mass is 127. The summed E-state index contributed by atoms with van der Waals surface area (Å²) in [4.78, 5) is 0. The lowest BCUT2D eigenvalue weighted by molar-refractivity contribution is 0.414. The number of hydrogen-bond donors (Lipinski definition) is 0. The number of hydrogen-bond acceptors (Lipinski definition) is 3. The molecule has 0 bridgehead atoms. The van der Waals surface area contributed by atoms with Gasteiger partial charge in [0.05, 0.1) is 14.2 Å². The van der Waals surface area contributed by atoms with Crippen molar-refractivity contribution in [1.29, 1.82) is 0 Å². The largest absolute Gasteiger partial charge is 0.497 e. The minimum atomic E-state index is 0.887. The minimum absolute atomic E-state index is 0.887. The van der Waals surface area contributed by atoms with Crippen molar-refractivity contribution in [2.45, 2.75) is 0 Å². The monoisotopic (exact) mass is 320 g/mol. The van der Waals surface area contributed by atoms with Crippen molar-refractivity contribution in [2.24, 2.45) is 0 Å². The lowest BCUT2D eigenvalue weighted by Crippen LogP contribution is -1.83. The van der Waals surface area contributed by atoms with Crippen molar-refractivity contribution in [2.75, 3.05) is 14.2 Å². The zero-order valence-corrected chi connectivity index (χ0v) is 10.8. The number of benzene rings is 1. The molecule has 0 spiro atoms. The summed E-state index contributed by atoms with van der Waals surface area (Å²) in [6.45, 7) is 0. The van der Waals surface area contributed by atoms with E-state index >= 15 is 0 Å². The van der Waals surface area contributed by atoms with E-state index in [1.165, 1.54) is 7.58 Å². The minimum Gasteiger partial charge on any atom is -0.497 e. The van der Waals surface area contributed by atoms with Crippen LogP contribution in [0.25, 0.3) is 10.1 Å². The molecule has 2 nitrogen and oxygen atoms in total. The number of fused-ring (bicyclic) bond motifs is 1. The van der Waals surface area contributed by atoms with Gasteiger partial charge < -0.3 is 9.47 Å². The molecule has 0 aliphatic carbocycles. The molecule has 74 valence electrons. The molecule has 2 rings (SSSR count). The van der Waals surface area contributed by atoms with E-state index in [9.17, 15) is 0 Å². The molecule has 4 heteroatoms. The lowest BCUT2D eigenvalue weighted by atomic mass is 10.2. The fourth-order valence-corrected chi connectivity index (χ4v) is 3.49. The molecule has 0 N–H and O–H groups in total. The highest BCUT2D eigenvalue weighted by Crippen LogP contribution is 2.39. The smallest absolute Gasteiger partial charge is 0.150 e. The number of thiophene rings is 1. The molecule has 1 aromatic carbocycles. The Kier molecular flexibility index (Phi) is 2.83. The topological polar surface area (TPSA) is 18.5 Å². The van der Waals surface area contributed by atoms with Gasteiger partial charge in [0.2, 0.25) is 0 Å². The zero-order chi connectivity index (χ0) is 10.1. The van der Waals surface area contributed by atoms with Crippen LogP contribution in [0.2, 0.25) is 0 Å². The molecule has 0 fully saturated rings. The van der Waals surface area contributed by atoms with Crippen LogP contribution in [0.3, 0.4) is 0 Å². The molecule has 0 amide bonds. The van der Waals surface area contributed by atoms with Gasteiger partial charge in [0, 0.05) is 10.1 Å². The summed E-state index contributed by atoms with van der Waals surface area (Å²) in [6.07, 6.45) is 0. The molecule has 0 saturated heterocycles. The molecule has 0 atom stereocenters. The first-order valence-corrected chi connectivity index (χ1v) is 5.96. The molecular weight excluding hydrogens is 311 g/mol. The third-order valence-corrected chi connectivity index (χ3v) is 4.09. The van der Waals surface area contributed by atoms with Gasteiger partial charge in [-0.1, -0.05) is 0 Å². The van der Waals surface area contributed by atoms with Crippen LogP contribution in [0.1, 0.15) is 0 Å². The van der Waals surface area contributed by atoms with Crippen LogP contribution >= 0.6 is 33.9 Å². The Balaban J connectivity index is 2.68. The third kappa shape index (κ3) is 1.56. The molecule has 1 heterocycles. The standard InChI is InChI=1S/C10H9IO2S/c1-12-6-3-4-7-8(5-6)14-10(11)9(7)13-2/h3-5H,1-2H3. The number of ether oxygens (including phenoxy) is 2. The van der Waals surface area contributed by atoms with Gasteiger partial charge in [-0.3, -0.25) is 0 Å². The van der Waals surface area contributed by atoms with E-state index in [4.69, 9.17) is 9.47 Å². The Bertz CT molecular complexity index is 464. The molecule has 2 aromatic rings. The van der Waals surface area contributed by atoms with Gasteiger partial charge in [-0.15, -0.1) is 11.3 Å². The Labute approximate surface area is 100.0 Å². The lowest BCUT2D eigenvalue weighted by Gasteiger charge is -2.00. The van der Waals surface area contributed by atoms with Gasteiger partial charge in [-0.25, -0.2) is 0 Å². The zero-order valence-electron chi connectivity index (χ0n) is 7.83. The van der Waals surface area contributed by atoms with Gasteiger partial charge in [0.15, 0.2) is 5.75 Å². The quantitative estimate of drug-likeness (QED) is 0.788. The number of methoxy groups -OCH3 is 2. The van der Waals surface area contributed by atoms with Gasteiger partial charge in [-0.05, 0) is 40.8 Å².